The zero-order valence-electron chi connectivity index (χ0n) is 17.0. The van der Waals surface area contributed by atoms with E-state index >= 15 is 0 Å². The Morgan fingerprint density at radius 3 is 2.91 bits per heavy atom. The Morgan fingerprint density at radius 2 is 2.06 bits per heavy atom. The molecule has 3 heterocycles. The van der Waals surface area contributed by atoms with Crippen molar-refractivity contribution in [2.45, 2.75) is 13.0 Å². The Hall–Kier alpha value is -4.34. The van der Waals surface area contributed by atoms with E-state index in [4.69, 9.17) is 0 Å². The number of H-pyrrole nitrogens is 1. The molecule has 0 aliphatic rings. The predicted octanol–water partition coefficient (Wildman–Crippen LogP) is 2.37. The van der Waals surface area contributed by atoms with E-state index in [-0.39, 0.29) is 23.8 Å². The summed E-state index contributed by atoms with van der Waals surface area (Å²) in [6.45, 7) is -0.184. The number of nitrogens with one attached hydrogen (secondary N) is 2. The summed E-state index contributed by atoms with van der Waals surface area (Å²) in [4.78, 5) is 36.9. The van der Waals surface area contributed by atoms with Gasteiger partial charge in [0.1, 0.15) is 29.9 Å². The zero-order chi connectivity index (χ0) is 22.2. The van der Waals surface area contributed by atoms with Crippen LogP contribution in [0.3, 0.4) is 0 Å². The zero-order valence-corrected chi connectivity index (χ0v) is 17.0. The Balaban J connectivity index is 1.33. The summed E-state index contributed by atoms with van der Waals surface area (Å²) in [6.07, 6.45) is 3.10. The SMILES string of the molecule is Cn1ncc2c(=O)n(CC(=O)Nc3ccc4nc(Cc5ccccc5F)[nH]c4c3)cnc21. The lowest BCUT2D eigenvalue weighted by molar-refractivity contribution is -0.116. The van der Waals surface area contributed by atoms with E-state index in [0.29, 0.717) is 45.6 Å². The van der Waals surface area contributed by atoms with Crippen LogP contribution in [0.5, 0.6) is 0 Å². The number of hydrogen-bond donors (Lipinski definition) is 2. The van der Waals surface area contributed by atoms with Crippen molar-refractivity contribution in [3.05, 3.63) is 82.5 Å². The lowest BCUT2D eigenvalue weighted by Gasteiger charge is -2.07. The van der Waals surface area contributed by atoms with Crippen LogP contribution in [0.4, 0.5) is 10.1 Å². The highest BCUT2D eigenvalue weighted by Crippen LogP contribution is 2.19. The standard InChI is InChI=1S/C22H18FN7O2/c1-29-21-15(10-25-29)22(32)30(12-24-21)11-20(31)26-14-6-7-17-18(9-14)28-19(27-17)8-13-4-2-3-5-16(13)23/h2-7,9-10,12H,8,11H2,1H3,(H,26,31)(H,27,28). The molecule has 2 N–H and O–H groups in total. The molecule has 32 heavy (non-hydrogen) atoms. The minimum atomic E-state index is -0.373. The normalized spacial score (nSPS) is 11.3. The molecule has 0 saturated heterocycles. The van der Waals surface area contributed by atoms with E-state index in [0.717, 1.165) is 0 Å². The molecule has 9 nitrogen and oxygen atoms in total. The number of aromatic amines is 1. The van der Waals surface area contributed by atoms with Gasteiger partial charge < -0.3 is 10.3 Å². The summed E-state index contributed by atoms with van der Waals surface area (Å²) < 4.78 is 16.6. The van der Waals surface area contributed by atoms with Crippen molar-refractivity contribution < 1.29 is 9.18 Å². The van der Waals surface area contributed by atoms with Gasteiger partial charge in [0.15, 0.2) is 5.65 Å². The molecule has 0 unspecified atom stereocenters. The highest BCUT2D eigenvalue weighted by atomic mass is 19.1. The van der Waals surface area contributed by atoms with E-state index in [9.17, 15) is 14.0 Å². The number of rotatable bonds is 5. The molecule has 0 bridgehead atoms. The Bertz CT molecular complexity index is 1530. The topological polar surface area (TPSA) is 110 Å². The van der Waals surface area contributed by atoms with E-state index in [1.54, 1.807) is 43.4 Å². The number of carbonyl (C=O) groups excluding carboxylic acids is 1. The lowest BCUT2D eigenvalue weighted by atomic mass is 10.1. The average Bonchev–Trinajstić information content (AvgIpc) is 3.34. The second kappa shape index (κ2) is 7.73. The van der Waals surface area contributed by atoms with Crippen molar-refractivity contribution in [1.82, 2.24) is 29.3 Å². The molecule has 10 heteroatoms. The molecule has 0 aliphatic carbocycles. The van der Waals surface area contributed by atoms with Crippen molar-refractivity contribution >= 4 is 33.7 Å². The van der Waals surface area contributed by atoms with Gasteiger partial charge in [-0.3, -0.25) is 18.8 Å². The fraction of sp³-hybridized carbons (Fsp3) is 0.136. The number of fused-ring (bicyclic) bond motifs is 2. The number of benzene rings is 2. The molecule has 5 rings (SSSR count). The Labute approximate surface area is 180 Å². The first kappa shape index (κ1) is 19.6. The third-order valence-corrected chi connectivity index (χ3v) is 5.16. The van der Waals surface area contributed by atoms with Crippen LogP contribution in [-0.4, -0.2) is 35.2 Å². The molecule has 2 aromatic carbocycles. The van der Waals surface area contributed by atoms with E-state index < -0.39 is 0 Å². The lowest BCUT2D eigenvalue weighted by Crippen LogP contribution is -2.27. The quantitative estimate of drug-likeness (QED) is 0.444. The van der Waals surface area contributed by atoms with Crippen molar-refractivity contribution in [1.29, 1.82) is 0 Å². The summed E-state index contributed by atoms with van der Waals surface area (Å²) in [7, 11) is 1.69. The second-order valence-electron chi connectivity index (χ2n) is 7.41. The highest BCUT2D eigenvalue weighted by molar-refractivity contribution is 5.93. The summed E-state index contributed by atoms with van der Waals surface area (Å²) >= 11 is 0. The molecule has 0 aliphatic heterocycles. The molecular weight excluding hydrogens is 413 g/mol. The van der Waals surface area contributed by atoms with Crippen LogP contribution in [0.2, 0.25) is 0 Å². The van der Waals surface area contributed by atoms with Crippen LogP contribution < -0.4 is 10.9 Å². The molecular formula is C22H18FN7O2. The minimum absolute atomic E-state index is 0.184. The summed E-state index contributed by atoms with van der Waals surface area (Å²) in [5.41, 5.74) is 2.64. The number of aryl methyl sites for hydroxylation is 1. The first-order valence-corrected chi connectivity index (χ1v) is 9.87. The monoisotopic (exact) mass is 431 g/mol. The molecule has 0 fully saturated rings. The molecule has 0 atom stereocenters. The van der Waals surface area contributed by atoms with Crippen LogP contribution in [0.25, 0.3) is 22.1 Å². The Morgan fingerprint density at radius 1 is 1.22 bits per heavy atom. The summed E-state index contributed by atoms with van der Waals surface area (Å²) in [5.74, 6) is -0.0336. The minimum Gasteiger partial charge on any atom is -0.342 e. The number of aromatic nitrogens is 6. The average molecular weight is 431 g/mol. The first-order chi connectivity index (χ1) is 15.5. The maximum absolute atomic E-state index is 13.9. The van der Waals surface area contributed by atoms with Gasteiger partial charge in [-0.25, -0.2) is 14.4 Å². The predicted molar refractivity (Wildman–Crippen MR) is 117 cm³/mol. The molecule has 3 aromatic heterocycles. The van der Waals surface area contributed by atoms with Gasteiger partial charge in [0.25, 0.3) is 5.56 Å². The maximum atomic E-state index is 13.9. The smallest absolute Gasteiger partial charge is 0.264 e. The van der Waals surface area contributed by atoms with Crippen LogP contribution in [0.15, 0.2) is 59.8 Å². The molecule has 0 saturated carbocycles. The van der Waals surface area contributed by atoms with Crippen molar-refractivity contribution in [2.75, 3.05) is 5.32 Å². The number of hydrogen-bond acceptors (Lipinski definition) is 5. The van der Waals surface area contributed by atoms with Crippen molar-refractivity contribution in [3.63, 3.8) is 0 Å². The Kier molecular flexibility index (Phi) is 4.74. The van der Waals surface area contributed by atoms with Crippen LogP contribution >= 0.6 is 0 Å². The summed E-state index contributed by atoms with van der Waals surface area (Å²) in [6, 6.07) is 11.8. The molecule has 0 spiro atoms. The number of halogens is 1. The maximum Gasteiger partial charge on any atom is 0.264 e. The summed E-state index contributed by atoms with van der Waals surface area (Å²) in [5, 5.41) is 7.14. The van der Waals surface area contributed by atoms with Gasteiger partial charge in [0, 0.05) is 19.2 Å². The van der Waals surface area contributed by atoms with Crippen molar-refractivity contribution in [3.8, 4) is 0 Å². The van der Waals surface area contributed by atoms with E-state index in [2.05, 4.69) is 25.4 Å². The van der Waals surface area contributed by atoms with Gasteiger partial charge in [-0.2, -0.15) is 5.10 Å². The molecule has 0 radical (unpaired) electrons. The van der Waals surface area contributed by atoms with Crippen LogP contribution in [-0.2, 0) is 24.8 Å². The van der Waals surface area contributed by atoms with E-state index in [1.807, 2.05) is 0 Å². The van der Waals surface area contributed by atoms with Crippen molar-refractivity contribution in [2.24, 2.45) is 7.05 Å². The number of amides is 1. The molecule has 160 valence electrons. The van der Waals surface area contributed by atoms with Gasteiger partial charge in [-0.05, 0) is 29.8 Å². The number of nitrogens with zero attached hydrogens (tertiary/aromatic N) is 5. The van der Waals surface area contributed by atoms with Gasteiger partial charge in [0.2, 0.25) is 5.91 Å². The highest BCUT2D eigenvalue weighted by Gasteiger charge is 2.12. The largest absolute Gasteiger partial charge is 0.342 e. The van der Waals surface area contributed by atoms with Gasteiger partial charge in [0.05, 0.1) is 17.2 Å². The third-order valence-electron chi connectivity index (χ3n) is 5.16. The number of imidazole rings is 1. The number of carbonyl (C=O) groups is 1. The second-order valence-corrected chi connectivity index (χ2v) is 7.41. The molecule has 1 amide bonds. The number of anilines is 1. The first-order valence-electron chi connectivity index (χ1n) is 9.87. The van der Waals surface area contributed by atoms with Crippen LogP contribution in [0, 0.1) is 5.82 Å². The molecule has 5 aromatic rings. The van der Waals surface area contributed by atoms with Crippen LogP contribution in [0.1, 0.15) is 11.4 Å². The van der Waals surface area contributed by atoms with E-state index in [1.165, 1.54) is 27.8 Å². The van der Waals surface area contributed by atoms with Gasteiger partial charge in [-0.1, -0.05) is 18.2 Å². The fourth-order valence-electron chi connectivity index (χ4n) is 3.58. The van der Waals surface area contributed by atoms with Gasteiger partial charge in [-0.15, -0.1) is 0 Å². The van der Waals surface area contributed by atoms with Gasteiger partial charge >= 0.3 is 0 Å². The fourth-order valence-corrected chi connectivity index (χ4v) is 3.58. The third kappa shape index (κ3) is 3.62.